The van der Waals surface area contributed by atoms with Crippen LogP contribution in [0.25, 0.3) is 0 Å². The third-order valence-electron chi connectivity index (χ3n) is 4.37. The molecule has 1 aromatic rings. The smallest absolute Gasteiger partial charge is 0.247 e. The van der Waals surface area contributed by atoms with Crippen LogP contribution in [0.4, 0.5) is 5.69 Å². The van der Waals surface area contributed by atoms with Gasteiger partial charge in [0.1, 0.15) is 6.04 Å². The van der Waals surface area contributed by atoms with E-state index in [1.807, 2.05) is 32.0 Å². The summed E-state index contributed by atoms with van der Waals surface area (Å²) in [6.07, 6.45) is 4.28. The molecule has 0 heterocycles. The first kappa shape index (κ1) is 15.5. The van der Waals surface area contributed by atoms with Crippen LogP contribution in [0.3, 0.4) is 0 Å². The molecule has 4 heteroatoms. The molecular weight excluding hydrogens is 264 g/mol. The van der Waals surface area contributed by atoms with Crippen molar-refractivity contribution in [3.63, 3.8) is 0 Å². The van der Waals surface area contributed by atoms with Crippen LogP contribution in [0.15, 0.2) is 18.2 Å². The minimum absolute atomic E-state index is 0.106. The largest absolute Gasteiger partial charge is 0.344 e. The van der Waals surface area contributed by atoms with Crippen LogP contribution < -0.4 is 10.6 Å². The summed E-state index contributed by atoms with van der Waals surface area (Å²) in [5.41, 5.74) is 3.04. The van der Waals surface area contributed by atoms with Crippen LogP contribution in [-0.4, -0.2) is 17.9 Å². The molecule has 2 rings (SSSR count). The molecule has 0 spiro atoms. The van der Waals surface area contributed by atoms with Crippen LogP contribution >= 0.6 is 0 Å². The molecular formula is C17H24N2O2. The summed E-state index contributed by atoms with van der Waals surface area (Å²) >= 11 is 0. The van der Waals surface area contributed by atoms with Crippen LogP contribution in [0, 0.1) is 19.8 Å². The molecule has 1 aliphatic rings. The number of carbonyl (C=O) groups excluding carboxylic acids is 2. The first-order chi connectivity index (χ1) is 9.99. The highest BCUT2D eigenvalue weighted by atomic mass is 16.2. The van der Waals surface area contributed by atoms with Gasteiger partial charge in [0.25, 0.3) is 0 Å². The van der Waals surface area contributed by atoms with E-state index in [0.29, 0.717) is 0 Å². The highest BCUT2D eigenvalue weighted by molar-refractivity contribution is 5.97. The zero-order chi connectivity index (χ0) is 15.4. The zero-order valence-corrected chi connectivity index (χ0v) is 13.0. The van der Waals surface area contributed by atoms with E-state index in [4.69, 9.17) is 0 Å². The average Bonchev–Trinajstić information content (AvgIpc) is 2.94. The number of hydrogen-bond donors (Lipinski definition) is 2. The van der Waals surface area contributed by atoms with Gasteiger partial charge in [-0.15, -0.1) is 0 Å². The monoisotopic (exact) mass is 288 g/mol. The van der Waals surface area contributed by atoms with Crippen molar-refractivity contribution in [2.45, 2.75) is 52.5 Å². The molecule has 4 nitrogen and oxygen atoms in total. The predicted octanol–water partition coefficient (Wildman–Crippen LogP) is 2.94. The maximum Gasteiger partial charge on any atom is 0.247 e. The second kappa shape index (κ2) is 6.74. The molecule has 114 valence electrons. The van der Waals surface area contributed by atoms with E-state index < -0.39 is 6.04 Å². The van der Waals surface area contributed by atoms with Crippen molar-refractivity contribution >= 4 is 17.5 Å². The van der Waals surface area contributed by atoms with Crippen molar-refractivity contribution in [1.82, 2.24) is 5.32 Å². The third-order valence-corrected chi connectivity index (χ3v) is 4.37. The average molecular weight is 288 g/mol. The Kier molecular flexibility index (Phi) is 4.99. The lowest BCUT2D eigenvalue weighted by Crippen LogP contribution is -2.47. The second-order valence-corrected chi connectivity index (χ2v) is 5.96. The third kappa shape index (κ3) is 3.84. The fourth-order valence-corrected chi connectivity index (χ4v) is 3.00. The summed E-state index contributed by atoms with van der Waals surface area (Å²) in [6.45, 7) is 5.48. The zero-order valence-electron chi connectivity index (χ0n) is 13.0. The molecule has 1 aliphatic carbocycles. The Bertz CT molecular complexity index is 534. The van der Waals surface area contributed by atoms with E-state index in [1.54, 1.807) is 0 Å². The topological polar surface area (TPSA) is 58.2 Å². The van der Waals surface area contributed by atoms with Crippen molar-refractivity contribution in [1.29, 1.82) is 0 Å². The molecule has 2 amide bonds. The van der Waals surface area contributed by atoms with Crippen molar-refractivity contribution in [2.75, 3.05) is 5.32 Å². The Morgan fingerprint density at radius 2 is 1.86 bits per heavy atom. The van der Waals surface area contributed by atoms with Gasteiger partial charge >= 0.3 is 0 Å². The fraction of sp³-hybridized carbons (Fsp3) is 0.529. The molecule has 1 atom stereocenters. The van der Waals surface area contributed by atoms with E-state index in [9.17, 15) is 9.59 Å². The number of benzene rings is 1. The molecule has 1 saturated carbocycles. The molecule has 0 radical (unpaired) electrons. The molecule has 1 fully saturated rings. The second-order valence-electron chi connectivity index (χ2n) is 5.96. The van der Waals surface area contributed by atoms with E-state index in [-0.39, 0.29) is 17.7 Å². The predicted molar refractivity (Wildman–Crippen MR) is 84.1 cm³/mol. The lowest BCUT2D eigenvalue weighted by Gasteiger charge is -2.24. The minimum Gasteiger partial charge on any atom is -0.344 e. The Morgan fingerprint density at radius 1 is 1.19 bits per heavy atom. The lowest BCUT2D eigenvalue weighted by atomic mass is 9.97. The summed E-state index contributed by atoms with van der Waals surface area (Å²) < 4.78 is 0. The molecule has 1 aromatic carbocycles. The molecule has 21 heavy (non-hydrogen) atoms. The Hall–Kier alpha value is -1.84. The maximum atomic E-state index is 12.6. The standard InChI is InChI=1S/C17H24N2O2/c1-11-7-6-10-15(12(11)2)19-17(21)16(18-13(3)20)14-8-4-5-9-14/h6-7,10,14,16H,4-5,8-9H2,1-3H3,(H,18,20)(H,19,21)/t16-/m0/s1. The Balaban J connectivity index is 2.14. The van der Waals surface area contributed by atoms with E-state index in [2.05, 4.69) is 10.6 Å². The minimum atomic E-state index is -0.426. The van der Waals surface area contributed by atoms with Crippen molar-refractivity contribution < 1.29 is 9.59 Å². The van der Waals surface area contributed by atoms with Gasteiger partial charge in [0.15, 0.2) is 0 Å². The van der Waals surface area contributed by atoms with Gasteiger partial charge in [-0.3, -0.25) is 9.59 Å². The van der Waals surface area contributed by atoms with Crippen molar-refractivity contribution in [3.8, 4) is 0 Å². The summed E-state index contributed by atoms with van der Waals surface area (Å²) in [5, 5.41) is 5.80. The van der Waals surface area contributed by atoms with Gasteiger partial charge in [0, 0.05) is 12.6 Å². The van der Waals surface area contributed by atoms with E-state index in [0.717, 1.165) is 42.5 Å². The van der Waals surface area contributed by atoms with Gasteiger partial charge in [0.05, 0.1) is 0 Å². The van der Waals surface area contributed by atoms with E-state index >= 15 is 0 Å². The van der Waals surface area contributed by atoms with Crippen molar-refractivity contribution in [2.24, 2.45) is 5.92 Å². The van der Waals surface area contributed by atoms with E-state index in [1.165, 1.54) is 6.92 Å². The summed E-state index contributed by atoms with van der Waals surface area (Å²) in [4.78, 5) is 24.0. The first-order valence-electron chi connectivity index (χ1n) is 7.63. The number of nitrogens with one attached hydrogen (secondary N) is 2. The highest BCUT2D eigenvalue weighted by Gasteiger charge is 2.31. The molecule has 0 aromatic heterocycles. The fourth-order valence-electron chi connectivity index (χ4n) is 3.00. The van der Waals surface area contributed by atoms with Gasteiger partial charge in [-0.05, 0) is 49.8 Å². The number of anilines is 1. The summed E-state index contributed by atoms with van der Waals surface area (Å²) in [6, 6.07) is 5.43. The van der Waals surface area contributed by atoms with Crippen LogP contribution in [0.5, 0.6) is 0 Å². The maximum absolute atomic E-state index is 12.6. The van der Waals surface area contributed by atoms with Gasteiger partial charge in [-0.1, -0.05) is 25.0 Å². The molecule has 0 unspecified atom stereocenters. The van der Waals surface area contributed by atoms with Crippen molar-refractivity contribution in [3.05, 3.63) is 29.3 Å². The van der Waals surface area contributed by atoms with Gasteiger partial charge in [0.2, 0.25) is 11.8 Å². The summed E-state index contributed by atoms with van der Waals surface area (Å²) in [5.74, 6) is -0.00664. The van der Waals surface area contributed by atoms with Gasteiger partial charge in [-0.25, -0.2) is 0 Å². The highest BCUT2D eigenvalue weighted by Crippen LogP contribution is 2.29. The molecule has 0 saturated heterocycles. The van der Waals surface area contributed by atoms with Gasteiger partial charge < -0.3 is 10.6 Å². The van der Waals surface area contributed by atoms with Crippen LogP contribution in [-0.2, 0) is 9.59 Å². The normalized spacial score (nSPS) is 16.5. The van der Waals surface area contributed by atoms with Crippen LogP contribution in [0.2, 0.25) is 0 Å². The summed E-state index contributed by atoms with van der Waals surface area (Å²) in [7, 11) is 0. The SMILES string of the molecule is CC(=O)N[C@H](C(=O)Nc1cccc(C)c1C)C1CCCC1. The Labute approximate surface area is 126 Å². The molecule has 0 aliphatic heterocycles. The Morgan fingerprint density at radius 3 is 2.48 bits per heavy atom. The number of hydrogen-bond acceptors (Lipinski definition) is 2. The molecule has 2 N–H and O–H groups in total. The molecule has 0 bridgehead atoms. The number of carbonyl (C=O) groups is 2. The number of aryl methyl sites for hydroxylation is 1. The quantitative estimate of drug-likeness (QED) is 0.895. The number of amides is 2. The van der Waals surface area contributed by atoms with Crippen LogP contribution in [0.1, 0.15) is 43.7 Å². The lowest BCUT2D eigenvalue weighted by molar-refractivity contribution is -0.126. The van der Waals surface area contributed by atoms with Gasteiger partial charge in [-0.2, -0.15) is 0 Å². The number of rotatable bonds is 4. The first-order valence-corrected chi connectivity index (χ1v) is 7.63.